The smallest absolute Gasteiger partial charge is 0.300 e. The van der Waals surface area contributed by atoms with Crippen LogP contribution in [0.5, 0.6) is 5.75 Å². The maximum absolute atomic E-state index is 11.3. The van der Waals surface area contributed by atoms with Crippen molar-refractivity contribution in [3.63, 3.8) is 0 Å². The van der Waals surface area contributed by atoms with Gasteiger partial charge >= 0.3 is 5.91 Å². The summed E-state index contributed by atoms with van der Waals surface area (Å²) in [6.07, 6.45) is 0. The number of furan rings is 1. The minimum Gasteiger partial charge on any atom is -0.486 e. The molecule has 1 amide bonds. The SMILES string of the molecule is CC(=O)c1cccc(OCc2ccc(C(=O)NN)o2)c1. The molecule has 2 aromatic rings. The molecule has 0 fully saturated rings. The Bertz CT molecular complexity index is 634. The van der Waals surface area contributed by atoms with Crippen molar-refractivity contribution in [1.29, 1.82) is 0 Å². The van der Waals surface area contributed by atoms with Crippen LogP contribution in [0.25, 0.3) is 0 Å². The fraction of sp³-hybridized carbons (Fsp3) is 0.143. The van der Waals surface area contributed by atoms with E-state index in [9.17, 15) is 9.59 Å². The van der Waals surface area contributed by atoms with Gasteiger partial charge in [0.2, 0.25) is 0 Å². The lowest BCUT2D eigenvalue weighted by molar-refractivity contribution is 0.0921. The maximum Gasteiger partial charge on any atom is 0.300 e. The second-order valence-electron chi connectivity index (χ2n) is 4.11. The number of amides is 1. The summed E-state index contributed by atoms with van der Waals surface area (Å²) in [6.45, 7) is 1.64. The highest BCUT2D eigenvalue weighted by atomic mass is 16.5. The molecule has 0 saturated carbocycles. The molecule has 6 nitrogen and oxygen atoms in total. The molecule has 0 unspecified atom stereocenters. The van der Waals surface area contributed by atoms with Crippen molar-refractivity contribution >= 4 is 11.7 Å². The monoisotopic (exact) mass is 274 g/mol. The van der Waals surface area contributed by atoms with Crippen LogP contribution in [0.2, 0.25) is 0 Å². The summed E-state index contributed by atoms with van der Waals surface area (Å²) in [6, 6.07) is 9.97. The van der Waals surface area contributed by atoms with Crippen molar-refractivity contribution in [1.82, 2.24) is 5.43 Å². The Kier molecular flexibility index (Phi) is 4.17. The lowest BCUT2D eigenvalue weighted by Gasteiger charge is -2.05. The van der Waals surface area contributed by atoms with E-state index in [-0.39, 0.29) is 18.2 Å². The van der Waals surface area contributed by atoms with Crippen LogP contribution < -0.4 is 16.0 Å². The van der Waals surface area contributed by atoms with Crippen LogP contribution in [-0.4, -0.2) is 11.7 Å². The van der Waals surface area contributed by atoms with Gasteiger partial charge in [-0.25, -0.2) is 5.84 Å². The molecule has 0 aliphatic carbocycles. The van der Waals surface area contributed by atoms with Crippen LogP contribution >= 0.6 is 0 Å². The number of carbonyl (C=O) groups excluding carboxylic acids is 2. The van der Waals surface area contributed by atoms with Crippen molar-refractivity contribution in [2.75, 3.05) is 0 Å². The first-order chi connectivity index (χ1) is 9.60. The van der Waals surface area contributed by atoms with E-state index in [1.165, 1.54) is 13.0 Å². The summed E-state index contributed by atoms with van der Waals surface area (Å²) in [7, 11) is 0. The van der Waals surface area contributed by atoms with E-state index in [4.69, 9.17) is 15.0 Å². The molecule has 0 aliphatic heterocycles. The van der Waals surface area contributed by atoms with Gasteiger partial charge in [0.1, 0.15) is 18.1 Å². The molecule has 0 radical (unpaired) electrons. The number of nitrogen functional groups attached to an aromatic ring is 1. The van der Waals surface area contributed by atoms with Crippen molar-refractivity contribution in [2.24, 2.45) is 5.84 Å². The molecule has 0 spiro atoms. The highest BCUT2D eigenvalue weighted by Gasteiger charge is 2.10. The summed E-state index contributed by atoms with van der Waals surface area (Å²) in [5, 5.41) is 0. The zero-order valence-corrected chi connectivity index (χ0v) is 10.9. The Morgan fingerprint density at radius 2 is 2.10 bits per heavy atom. The largest absolute Gasteiger partial charge is 0.486 e. The van der Waals surface area contributed by atoms with Crippen LogP contribution in [0, 0.1) is 0 Å². The van der Waals surface area contributed by atoms with E-state index in [0.29, 0.717) is 17.1 Å². The summed E-state index contributed by atoms with van der Waals surface area (Å²) in [5.74, 6) is 5.62. The molecular formula is C14H14N2O4. The van der Waals surface area contributed by atoms with E-state index >= 15 is 0 Å². The van der Waals surface area contributed by atoms with E-state index < -0.39 is 5.91 Å². The first kappa shape index (κ1) is 13.8. The maximum atomic E-state index is 11.3. The number of Topliss-reactive ketones (excluding diaryl/α,β-unsaturated/α-hetero) is 1. The van der Waals surface area contributed by atoms with Gasteiger partial charge in [0.05, 0.1) is 0 Å². The Morgan fingerprint density at radius 1 is 1.30 bits per heavy atom. The molecular weight excluding hydrogens is 260 g/mol. The quantitative estimate of drug-likeness (QED) is 0.374. The number of ether oxygens (including phenoxy) is 1. The lowest BCUT2D eigenvalue weighted by atomic mass is 10.1. The molecule has 0 bridgehead atoms. The standard InChI is InChI=1S/C14H14N2O4/c1-9(17)10-3-2-4-11(7-10)19-8-12-5-6-13(20-12)14(18)16-15/h2-7H,8,15H2,1H3,(H,16,18). The van der Waals surface area contributed by atoms with E-state index in [1.54, 1.807) is 30.3 Å². The number of benzene rings is 1. The summed E-state index contributed by atoms with van der Waals surface area (Å²) < 4.78 is 10.8. The zero-order valence-electron chi connectivity index (χ0n) is 10.9. The van der Waals surface area contributed by atoms with Gasteiger partial charge in [-0.1, -0.05) is 12.1 Å². The molecule has 20 heavy (non-hydrogen) atoms. The van der Waals surface area contributed by atoms with Crippen molar-refractivity contribution in [3.05, 3.63) is 53.5 Å². The number of ketones is 1. The predicted octanol–water partition coefficient (Wildman–Crippen LogP) is 1.66. The van der Waals surface area contributed by atoms with Gasteiger partial charge in [-0.3, -0.25) is 15.0 Å². The van der Waals surface area contributed by atoms with Gasteiger partial charge in [-0.15, -0.1) is 0 Å². The molecule has 2 rings (SSSR count). The van der Waals surface area contributed by atoms with E-state index in [0.717, 1.165) is 0 Å². The number of carbonyl (C=O) groups is 2. The predicted molar refractivity (Wildman–Crippen MR) is 71.1 cm³/mol. The Hall–Kier alpha value is -2.60. The minimum absolute atomic E-state index is 0.0321. The van der Waals surface area contributed by atoms with Crippen LogP contribution in [-0.2, 0) is 6.61 Å². The van der Waals surface area contributed by atoms with Crippen LogP contribution in [0.15, 0.2) is 40.8 Å². The molecule has 6 heteroatoms. The summed E-state index contributed by atoms with van der Waals surface area (Å²) in [5.41, 5.74) is 2.55. The number of nitrogens with two attached hydrogens (primary N) is 1. The topological polar surface area (TPSA) is 94.6 Å². The molecule has 1 aromatic heterocycles. The molecule has 1 aromatic carbocycles. The Balaban J connectivity index is 2.01. The average Bonchev–Trinajstić information content (AvgIpc) is 2.93. The second kappa shape index (κ2) is 6.03. The molecule has 0 aliphatic rings. The number of hydrogen-bond donors (Lipinski definition) is 2. The first-order valence-corrected chi connectivity index (χ1v) is 5.93. The number of rotatable bonds is 5. The fourth-order valence-electron chi connectivity index (χ4n) is 1.61. The molecule has 3 N–H and O–H groups in total. The highest BCUT2D eigenvalue weighted by Crippen LogP contribution is 2.16. The minimum atomic E-state index is -0.505. The number of nitrogens with one attached hydrogen (secondary N) is 1. The van der Waals surface area contributed by atoms with Crippen molar-refractivity contribution < 1.29 is 18.7 Å². The summed E-state index contributed by atoms with van der Waals surface area (Å²) in [4.78, 5) is 22.5. The first-order valence-electron chi connectivity index (χ1n) is 5.93. The third-order valence-corrected chi connectivity index (χ3v) is 2.64. The van der Waals surface area contributed by atoms with Crippen molar-refractivity contribution in [3.8, 4) is 5.75 Å². The third kappa shape index (κ3) is 3.24. The van der Waals surface area contributed by atoms with Gasteiger partial charge in [-0.05, 0) is 31.2 Å². The van der Waals surface area contributed by atoms with Gasteiger partial charge < -0.3 is 9.15 Å². The third-order valence-electron chi connectivity index (χ3n) is 2.64. The van der Waals surface area contributed by atoms with Crippen LogP contribution in [0.3, 0.4) is 0 Å². The fourth-order valence-corrected chi connectivity index (χ4v) is 1.61. The lowest BCUT2D eigenvalue weighted by Crippen LogP contribution is -2.29. The Morgan fingerprint density at radius 3 is 2.80 bits per heavy atom. The highest BCUT2D eigenvalue weighted by molar-refractivity contribution is 5.94. The normalized spacial score (nSPS) is 10.1. The van der Waals surface area contributed by atoms with Gasteiger partial charge in [-0.2, -0.15) is 0 Å². The molecule has 1 heterocycles. The van der Waals surface area contributed by atoms with Crippen LogP contribution in [0.4, 0.5) is 0 Å². The molecule has 0 atom stereocenters. The Labute approximate surface area is 115 Å². The molecule has 104 valence electrons. The van der Waals surface area contributed by atoms with Crippen LogP contribution in [0.1, 0.15) is 33.6 Å². The number of hydrogen-bond acceptors (Lipinski definition) is 5. The molecule has 0 saturated heterocycles. The van der Waals surface area contributed by atoms with Crippen molar-refractivity contribution in [2.45, 2.75) is 13.5 Å². The van der Waals surface area contributed by atoms with Gasteiger partial charge in [0, 0.05) is 5.56 Å². The van der Waals surface area contributed by atoms with Gasteiger partial charge in [0.25, 0.3) is 0 Å². The average molecular weight is 274 g/mol. The van der Waals surface area contributed by atoms with E-state index in [1.807, 2.05) is 5.43 Å². The van der Waals surface area contributed by atoms with E-state index in [2.05, 4.69) is 0 Å². The van der Waals surface area contributed by atoms with Gasteiger partial charge in [0.15, 0.2) is 11.5 Å². The second-order valence-corrected chi connectivity index (χ2v) is 4.11. The zero-order chi connectivity index (χ0) is 14.5. The number of hydrazine groups is 1. The summed E-state index contributed by atoms with van der Waals surface area (Å²) >= 11 is 0.